The molecule has 37 heavy (non-hydrogen) atoms. The molecule has 4 rings (SSSR count). The number of carbonyl (C=O) groups excluding carboxylic acids is 2. The van der Waals surface area contributed by atoms with Crippen LogP contribution < -0.4 is 20.9 Å². The molecule has 0 aliphatic heterocycles. The van der Waals surface area contributed by atoms with Crippen LogP contribution in [0.25, 0.3) is 10.4 Å². The quantitative estimate of drug-likeness (QED) is 0.140. The Bertz CT molecular complexity index is 1420. The Labute approximate surface area is 214 Å². The molecular formula is C28H25N7O2. The highest BCUT2D eigenvalue weighted by Gasteiger charge is 2.08. The minimum absolute atomic E-state index is 0.171. The van der Waals surface area contributed by atoms with Gasteiger partial charge in [-0.25, -0.2) is 0 Å². The van der Waals surface area contributed by atoms with Crippen LogP contribution in [0, 0.1) is 0 Å². The molecule has 9 nitrogen and oxygen atoms in total. The van der Waals surface area contributed by atoms with Gasteiger partial charge in [-0.2, -0.15) is 0 Å². The average Bonchev–Trinajstić information content (AvgIpc) is 2.91. The van der Waals surface area contributed by atoms with Crippen molar-refractivity contribution in [3.8, 4) is 0 Å². The van der Waals surface area contributed by atoms with Gasteiger partial charge in [0.15, 0.2) is 0 Å². The molecule has 0 fully saturated rings. The van der Waals surface area contributed by atoms with Crippen molar-refractivity contribution in [2.75, 3.05) is 34.9 Å². The highest BCUT2D eigenvalue weighted by Crippen LogP contribution is 2.22. The molecule has 184 valence electrons. The zero-order chi connectivity index (χ0) is 26.2. The summed E-state index contributed by atoms with van der Waals surface area (Å²) in [7, 11) is 3.91. The van der Waals surface area contributed by atoms with E-state index >= 15 is 0 Å². The van der Waals surface area contributed by atoms with Crippen LogP contribution in [0.1, 0.15) is 20.7 Å². The second-order valence-electron chi connectivity index (χ2n) is 8.37. The summed E-state index contributed by atoms with van der Waals surface area (Å²) in [5.74, 6) is -0.435. The maximum absolute atomic E-state index is 12.5. The second-order valence-corrected chi connectivity index (χ2v) is 8.37. The zero-order valence-corrected chi connectivity index (χ0v) is 20.3. The average molecular weight is 492 g/mol. The van der Waals surface area contributed by atoms with Crippen molar-refractivity contribution in [1.29, 1.82) is 0 Å². The minimum Gasteiger partial charge on any atom is -0.378 e. The predicted molar refractivity (Wildman–Crippen MR) is 148 cm³/mol. The molecule has 3 N–H and O–H groups in total. The van der Waals surface area contributed by atoms with Crippen LogP contribution >= 0.6 is 0 Å². The largest absolute Gasteiger partial charge is 0.378 e. The van der Waals surface area contributed by atoms with Crippen LogP contribution in [0.15, 0.2) is 102 Å². The van der Waals surface area contributed by atoms with Crippen molar-refractivity contribution in [2.45, 2.75) is 0 Å². The third-order valence-electron chi connectivity index (χ3n) is 5.51. The van der Waals surface area contributed by atoms with Crippen molar-refractivity contribution < 1.29 is 9.59 Å². The van der Waals surface area contributed by atoms with Gasteiger partial charge < -0.3 is 20.9 Å². The van der Waals surface area contributed by atoms with E-state index in [0.29, 0.717) is 28.2 Å². The zero-order valence-electron chi connectivity index (χ0n) is 20.3. The topological polar surface area (TPSA) is 122 Å². The summed E-state index contributed by atoms with van der Waals surface area (Å²) in [6.07, 6.45) is 0. The molecule has 4 aromatic rings. The molecule has 0 saturated heterocycles. The number of rotatable bonds is 8. The van der Waals surface area contributed by atoms with Crippen LogP contribution in [-0.2, 0) is 0 Å². The summed E-state index contributed by atoms with van der Waals surface area (Å²) in [5, 5.41) is 12.5. The molecule has 0 radical (unpaired) electrons. The van der Waals surface area contributed by atoms with Crippen LogP contribution in [0.3, 0.4) is 0 Å². The third-order valence-corrected chi connectivity index (χ3v) is 5.51. The van der Waals surface area contributed by atoms with Crippen LogP contribution in [0.2, 0.25) is 0 Å². The van der Waals surface area contributed by atoms with E-state index in [1.165, 1.54) is 0 Å². The van der Waals surface area contributed by atoms with Gasteiger partial charge in [-0.3, -0.25) is 9.59 Å². The summed E-state index contributed by atoms with van der Waals surface area (Å²) in [5.41, 5.74) is 14.0. The number of nitrogens with zero attached hydrogens (tertiary/aromatic N) is 4. The molecule has 0 aromatic heterocycles. The highest BCUT2D eigenvalue weighted by atomic mass is 16.2. The van der Waals surface area contributed by atoms with Gasteiger partial charge in [0.1, 0.15) is 0 Å². The van der Waals surface area contributed by atoms with Gasteiger partial charge in [0.05, 0.1) is 0 Å². The van der Waals surface area contributed by atoms with Gasteiger partial charge in [0.25, 0.3) is 11.8 Å². The first-order valence-electron chi connectivity index (χ1n) is 11.4. The van der Waals surface area contributed by atoms with Crippen LogP contribution in [0.4, 0.5) is 34.1 Å². The van der Waals surface area contributed by atoms with E-state index in [1.807, 2.05) is 67.5 Å². The monoisotopic (exact) mass is 491 g/mol. The van der Waals surface area contributed by atoms with Gasteiger partial charge in [-0.15, -0.1) is 0 Å². The van der Waals surface area contributed by atoms with Crippen LogP contribution in [0.5, 0.6) is 0 Å². The third kappa shape index (κ3) is 6.66. The first-order chi connectivity index (χ1) is 17.9. The van der Waals surface area contributed by atoms with E-state index in [9.17, 15) is 9.59 Å². The molecular weight excluding hydrogens is 466 g/mol. The van der Waals surface area contributed by atoms with E-state index in [0.717, 1.165) is 17.1 Å². The van der Waals surface area contributed by atoms with E-state index in [1.54, 1.807) is 48.5 Å². The molecule has 0 spiro atoms. The lowest BCUT2D eigenvalue weighted by molar-refractivity contribution is 0.101. The maximum Gasteiger partial charge on any atom is 0.255 e. The Morgan fingerprint density at radius 1 is 0.649 bits per heavy atom. The van der Waals surface area contributed by atoms with Crippen molar-refractivity contribution in [3.05, 3.63) is 119 Å². The minimum atomic E-state index is -0.264. The van der Waals surface area contributed by atoms with Crippen molar-refractivity contribution in [1.82, 2.24) is 0 Å². The summed E-state index contributed by atoms with van der Waals surface area (Å²) in [6.45, 7) is 0. The smallest absolute Gasteiger partial charge is 0.255 e. The SMILES string of the molecule is CN(C)c1ccc(C(=O)Nc2ccc(Nc3ccc(NC(=O)c4ccc(N=[N+]=[N-])cc4)cc3)cc2)cc1. The van der Waals surface area contributed by atoms with E-state index in [-0.39, 0.29) is 11.8 Å². The number of amides is 2. The van der Waals surface area contributed by atoms with E-state index in [4.69, 9.17) is 5.53 Å². The Morgan fingerprint density at radius 2 is 1.05 bits per heavy atom. The lowest BCUT2D eigenvalue weighted by atomic mass is 10.1. The molecule has 9 heteroatoms. The molecule has 0 aliphatic rings. The molecule has 0 saturated carbocycles. The first kappa shape index (κ1) is 24.8. The number of hydrogen-bond donors (Lipinski definition) is 3. The molecule has 0 bridgehead atoms. The number of carbonyl (C=O) groups is 2. The molecule has 0 heterocycles. The maximum atomic E-state index is 12.5. The Morgan fingerprint density at radius 3 is 1.46 bits per heavy atom. The number of benzene rings is 4. The molecule has 2 amide bonds. The fraction of sp³-hybridized carbons (Fsp3) is 0.0714. The number of azide groups is 1. The standard InChI is InChI=1S/C28H25N7O2/c1-35(2)26-17-5-20(6-18-26)28(37)32-24-15-11-22(12-16-24)30-21-9-13-23(14-10-21)31-27(36)19-3-7-25(8-4-19)33-34-29/h3-18,30H,1-2H3,(H,31,36)(H,32,37). The fourth-order valence-electron chi connectivity index (χ4n) is 3.49. The van der Waals surface area contributed by atoms with Crippen molar-refractivity contribution in [3.63, 3.8) is 0 Å². The number of hydrogen-bond acceptors (Lipinski definition) is 5. The predicted octanol–water partition coefficient (Wildman–Crippen LogP) is 6.94. The molecule has 4 aromatic carbocycles. The molecule has 0 unspecified atom stereocenters. The highest BCUT2D eigenvalue weighted by molar-refractivity contribution is 6.05. The molecule has 0 aliphatic carbocycles. The summed E-state index contributed by atoms with van der Waals surface area (Å²) in [4.78, 5) is 29.7. The second kappa shape index (κ2) is 11.4. The van der Waals surface area contributed by atoms with Crippen molar-refractivity contribution >= 4 is 45.9 Å². The van der Waals surface area contributed by atoms with Crippen LogP contribution in [-0.4, -0.2) is 25.9 Å². The Hall–Kier alpha value is -5.27. The lowest BCUT2D eigenvalue weighted by Crippen LogP contribution is -2.13. The van der Waals surface area contributed by atoms with Gasteiger partial charge in [0.2, 0.25) is 0 Å². The van der Waals surface area contributed by atoms with Gasteiger partial charge in [-0.1, -0.05) is 17.2 Å². The fourth-order valence-corrected chi connectivity index (χ4v) is 3.49. The number of anilines is 5. The van der Waals surface area contributed by atoms with Crippen molar-refractivity contribution in [2.24, 2.45) is 5.11 Å². The Kier molecular flexibility index (Phi) is 7.68. The van der Waals surface area contributed by atoms with E-state index in [2.05, 4.69) is 26.0 Å². The van der Waals surface area contributed by atoms with Gasteiger partial charge >= 0.3 is 0 Å². The molecule has 0 atom stereocenters. The Balaban J connectivity index is 1.31. The normalized spacial score (nSPS) is 10.1. The van der Waals surface area contributed by atoms with Gasteiger partial charge in [-0.05, 0) is 90.5 Å². The van der Waals surface area contributed by atoms with E-state index < -0.39 is 0 Å². The lowest BCUT2D eigenvalue weighted by Gasteiger charge is -2.13. The number of nitrogens with one attached hydrogen (secondary N) is 3. The summed E-state index contributed by atoms with van der Waals surface area (Å²) in [6, 6.07) is 28.5. The first-order valence-corrected chi connectivity index (χ1v) is 11.4. The summed E-state index contributed by atoms with van der Waals surface area (Å²) < 4.78 is 0. The van der Waals surface area contributed by atoms with Gasteiger partial charge in [0, 0.05) is 64.3 Å². The summed E-state index contributed by atoms with van der Waals surface area (Å²) >= 11 is 0.